The molecule has 0 fully saturated rings. The Hall–Kier alpha value is -2.62. The summed E-state index contributed by atoms with van der Waals surface area (Å²) in [6.07, 6.45) is 0. The summed E-state index contributed by atoms with van der Waals surface area (Å²) in [7, 11) is 0. The first kappa shape index (κ1) is 11.5. The van der Waals surface area contributed by atoms with E-state index in [9.17, 15) is 4.79 Å². The molecule has 3 aromatic rings. The van der Waals surface area contributed by atoms with E-state index >= 15 is 0 Å². The number of anilines is 1. The highest BCUT2D eigenvalue weighted by molar-refractivity contribution is 5.78. The summed E-state index contributed by atoms with van der Waals surface area (Å²) in [5, 5.41) is 0.590. The topological polar surface area (TPSA) is 60.9 Å². The Morgan fingerprint density at radius 2 is 1.68 bits per heavy atom. The van der Waals surface area contributed by atoms with Crippen LogP contribution in [0, 0.1) is 0 Å². The molecule has 0 radical (unpaired) electrons. The van der Waals surface area contributed by atoms with E-state index in [2.05, 4.69) is 4.98 Å². The molecule has 0 amide bonds. The quantitative estimate of drug-likeness (QED) is 0.758. The van der Waals surface area contributed by atoms with Gasteiger partial charge in [-0.25, -0.2) is 4.98 Å². The van der Waals surface area contributed by atoms with Gasteiger partial charge in [-0.2, -0.15) is 0 Å². The van der Waals surface area contributed by atoms with Crippen LogP contribution in [-0.2, 0) is 6.54 Å². The van der Waals surface area contributed by atoms with Crippen LogP contribution in [0.5, 0.6) is 0 Å². The second-order valence-electron chi connectivity index (χ2n) is 4.36. The SMILES string of the molecule is Nc1nc2ccccc2c(=O)n1Cc1ccccc1. The number of hydrogen-bond donors (Lipinski definition) is 1. The average molecular weight is 251 g/mol. The first-order valence-corrected chi connectivity index (χ1v) is 6.05. The third kappa shape index (κ3) is 2.08. The molecule has 2 N–H and O–H groups in total. The van der Waals surface area contributed by atoms with E-state index in [1.54, 1.807) is 12.1 Å². The van der Waals surface area contributed by atoms with E-state index in [1.165, 1.54) is 4.57 Å². The number of hydrogen-bond acceptors (Lipinski definition) is 3. The molecule has 0 saturated heterocycles. The molecular formula is C15H13N3O. The summed E-state index contributed by atoms with van der Waals surface area (Å²) in [4.78, 5) is 16.7. The van der Waals surface area contributed by atoms with Crippen LogP contribution in [0.3, 0.4) is 0 Å². The molecule has 0 saturated carbocycles. The number of fused-ring (bicyclic) bond motifs is 1. The Balaban J connectivity index is 2.16. The lowest BCUT2D eigenvalue weighted by atomic mass is 10.2. The maximum Gasteiger partial charge on any atom is 0.263 e. The normalized spacial score (nSPS) is 10.7. The van der Waals surface area contributed by atoms with Crippen molar-refractivity contribution < 1.29 is 0 Å². The van der Waals surface area contributed by atoms with Crippen molar-refractivity contribution >= 4 is 16.9 Å². The van der Waals surface area contributed by atoms with Crippen molar-refractivity contribution in [2.45, 2.75) is 6.54 Å². The van der Waals surface area contributed by atoms with Crippen LogP contribution in [-0.4, -0.2) is 9.55 Å². The molecule has 3 rings (SSSR count). The number of nitrogen functional groups attached to an aromatic ring is 1. The van der Waals surface area contributed by atoms with Gasteiger partial charge in [0.1, 0.15) is 0 Å². The van der Waals surface area contributed by atoms with Gasteiger partial charge in [0.25, 0.3) is 5.56 Å². The Kier molecular flexibility index (Phi) is 2.76. The summed E-state index contributed by atoms with van der Waals surface area (Å²) < 4.78 is 1.50. The maximum absolute atomic E-state index is 12.4. The fraction of sp³-hybridized carbons (Fsp3) is 0.0667. The number of aromatic nitrogens is 2. The first-order valence-electron chi connectivity index (χ1n) is 6.05. The Morgan fingerprint density at radius 1 is 1.00 bits per heavy atom. The zero-order valence-electron chi connectivity index (χ0n) is 10.3. The molecule has 2 aromatic carbocycles. The van der Waals surface area contributed by atoms with Crippen molar-refractivity contribution in [2.75, 3.05) is 5.73 Å². The molecule has 94 valence electrons. The predicted molar refractivity (Wildman–Crippen MR) is 76.0 cm³/mol. The molecule has 0 aliphatic rings. The van der Waals surface area contributed by atoms with Gasteiger partial charge in [0.2, 0.25) is 5.95 Å². The van der Waals surface area contributed by atoms with Crippen molar-refractivity contribution in [3.05, 3.63) is 70.5 Å². The van der Waals surface area contributed by atoms with Crippen LogP contribution in [0.15, 0.2) is 59.4 Å². The molecule has 1 aromatic heterocycles. The van der Waals surface area contributed by atoms with Crippen molar-refractivity contribution in [1.82, 2.24) is 9.55 Å². The minimum absolute atomic E-state index is 0.105. The number of nitrogens with two attached hydrogens (primary N) is 1. The molecule has 19 heavy (non-hydrogen) atoms. The third-order valence-corrected chi connectivity index (χ3v) is 3.07. The second kappa shape index (κ2) is 4.57. The van der Waals surface area contributed by atoms with E-state index in [0.29, 0.717) is 17.4 Å². The van der Waals surface area contributed by atoms with Gasteiger partial charge in [-0.05, 0) is 17.7 Å². The maximum atomic E-state index is 12.4. The van der Waals surface area contributed by atoms with Crippen LogP contribution in [0.1, 0.15) is 5.56 Å². The fourth-order valence-corrected chi connectivity index (χ4v) is 2.10. The van der Waals surface area contributed by atoms with Gasteiger partial charge in [-0.15, -0.1) is 0 Å². The van der Waals surface area contributed by atoms with Crippen LogP contribution in [0.2, 0.25) is 0 Å². The number of benzene rings is 2. The predicted octanol–water partition coefficient (Wildman–Crippen LogP) is 2.03. The van der Waals surface area contributed by atoms with E-state index in [4.69, 9.17) is 5.73 Å². The molecule has 0 aliphatic heterocycles. The number of para-hydroxylation sites is 1. The molecule has 0 bridgehead atoms. The minimum Gasteiger partial charge on any atom is -0.369 e. The van der Waals surface area contributed by atoms with Crippen molar-refractivity contribution in [3.63, 3.8) is 0 Å². The smallest absolute Gasteiger partial charge is 0.263 e. The van der Waals surface area contributed by atoms with Gasteiger partial charge in [-0.1, -0.05) is 42.5 Å². The summed E-state index contributed by atoms with van der Waals surface area (Å²) in [5.74, 6) is 0.243. The largest absolute Gasteiger partial charge is 0.369 e. The molecule has 0 unspecified atom stereocenters. The van der Waals surface area contributed by atoms with Crippen molar-refractivity contribution in [2.24, 2.45) is 0 Å². The fourth-order valence-electron chi connectivity index (χ4n) is 2.10. The summed E-state index contributed by atoms with van der Waals surface area (Å²) in [5.41, 5.74) is 7.44. The van der Waals surface area contributed by atoms with Gasteiger partial charge in [0, 0.05) is 0 Å². The Morgan fingerprint density at radius 3 is 2.47 bits per heavy atom. The van der Waals surface area contributed by atoms with Gasteiger partial charge < -0.3 is 5.73 Å². The van der Waals surface area contributed by atoms with Gasteiger partial charge in [-0.3, -0.25) is 9.36 Å². The zero-order chi connectivity index (χ0) is 13.2. The van der Waals surface area contributed by atoms with Crippen LogP contribution in [0.25, 0.3) is 10.9 Å². The molecule has 0 aliphatic carbocycles. The van der Waals surface area contributed by atoms with Crippen LogP contribution < -0.4 is 11.3 Å². The highest BCUT2D eigenvalue weighted by Crippen LogP contribution is 2.10. The van der Waals surface area contributed by atoms with Gasteiger partial charge in [0.15, 0.2) is 0 Å². The zero-order valence-corrected chi connectivity index (χ0v) is 10.3. The average Bonchev–Trinajstić information content (AvgIpc) is 2.45. The van der Waals surface area contributed by atoms with Crippen molar-refractivity contribution in [1.29, 1.82) is 0 Å². The summed E-state index contributed by atoms with van der Waals surface area (Å²) in [6.45, 7) is 0.434. The van der Waals surface area contributed by atoms with E-state index in [0.717, 1.165) is 5.56 Å². The van der Waals surface area contributed by atoms with Crippen molar-refractivity contribution in [3.8, 4) is 0 Å². The second-order valence-corrected chi connectivity index (χ2v) is 4.36. The Labute approximate surface area is 110 Å². The molecule has 0 atom stereocenters. The molecule has 4 heteroatoms. The molecule has 0 spiro atoms. The molecule has 1 heterocycles. The number of nitrogens with zero attached hydrogens (tertiary/aromatic N) is 2. The summed E-state index contributed by atoms with van der Waals surface area (Å²) in [6, 6.07) is 17.0. The lowest BCUT2D eigenvalue weighted by Crippen LogP contribution is -2.25. The Bertz CT molecular complexity index is 778. The highest BCUT2D eigenvalue weighted by Gasteiger charge is 2.08. The monoisotopic (exact) mass is 251 g/mol. The minimum atomic E-state index is -0.105. The van der Waals surface area contributed by atoms with E-state index in [1.807, 2.05) is 42.5 Å². The van der Waals surface area contributed by atoms with Crippen LogP contribution in [0.4, 0.5) is 5.95 Å². The third-order valence-electron chi connectivity index (χ3n) is 3.07. The number of rotatable bonds is 2. The van der Waals surface area contributed by atoms with E-state index in [-0.39, 0.29) is 11.5 Å². The van der Waals surface area contributed by atoms with Gasteiger partial charge >= 0.3 is 0 Å². The molecule has 4 nitrogen and oxygen atoms in total. The standard InChI is InChI=1S/C15H13N3O/c16-15-17-13-9-5-4-8-12(13)14(19)18(15)10-11-6-2-1-3-7-11/h1-9H,10H2,(H2,16,17). The van der Waals surface area contributed by atoms with E-state index < -0.39 is 0 Å². The lowest BCUT2D eigenvalue weighted by molar-refractivity contribution is 0.764. The van der Waals surface area contributed by atoms with Gasteiger partial charge in [0.05, 0.1) is 17.4 Å². The highest BCUT2D eigenvalue weighted by atomic mass is 16.1. The summed E-state index contributed by atoms with van der Waals surface area (Å²) >= 11 is 0. The lowest BCUT2D eigenvalue weighted by Gasteiger charge is -2.10. The first-order chi connectivity index (χ1) is 9.25. The van der Waals surface area contributed by atoms with Crippen LogP contribution >= 0.6 is 0 Å². The molecular weight excluding hydrogens is 238 g/mol.